The van der Waals surface area contributed by atoms with Gasteiger partial charge < -0.3 is 9.30 Å². The van der Waals surface area contributed by atoms with E-state index in [0.717, 1.165) is 61.8 Å². The van der Waals surface area contributed by atoms with Gasteiger partial charge in [-0.1, -0.05) is 75.7 Å². The van der Waals surface area contributed by atoms with Crippen molar-refractivity contribution in [1.29, 1.82) is 0 Å². The zero-order valence-corrected chi connectivity index (χ0v) is 18.9. The minimum atomic E-state index is -0.0621. The lowest BCUT2D eigenvalue weighted by Gasteiger charge is -2.11. The van der Waals surface area contributed by atoms with E-state index in [-0.39, 0.29) is 5.97 Å². The van der Waals surface area contributed by atoms with E-state index in [9.17, 15) is 4.79 Å². The van der Waals surface area contributed by atoms with Crippen LogP contribution in [0.25, 0.3) is 0 Å². The number of unbranched alkanes of at least 4 members (excludes halogenated alkanes) is 3. The van der Waals surface area contributed by atoms with Crippen LogP contribution in [0.4, 0.5) is 0 Å². The van der Waals surface area contributed by atoms with Crippen molar-refractivity contribution in [2.45, 2.75) is 77.4 Å². The van der Waals surface area contributed by atoms with Crippen LogP contribution in [-0.4, -0.2) is 33.1 Å². The third-order valence-electron chi connectivity index (χ3n) is 4.54. The molecule has 1 aromatic carbocycles. The maximum atomic E-state index is 11.5. The van der Waals surface area contributed by atoms with Gasteiger partial charge in [-0.2, -0.15) is 0 Å². The Morgan fingerprint density at radius 2 is 1.86 bits per heavy atom. The van der Waals surface area contributed by atoms with Crippen LogP contribution in [0.5, 0.6) is 0 Å². The predicted molar refractivity (Wildman–Crippen MR) is 119 cm³/mol. The largest absolute Gasteiger partial charge is 0.466 e. The number of hydrogen-bond acceptors (Lipinski definition) is 5. The van der Waals surface area contributed by atoms with Crippen molar-refractivity contribution < 1.29 is 9.53 Å². The molecule has 2 aromatic rings. The van der Waals surface area contributed by atoms with Gasteiger partial charge in [0.05, 0.1) is 13.2 Å². The van der Waals surface area contributed by atoms with Crippen LogP contribution in [0, 0.1) is 5.92 Å². The number of benzene rings is 1. The van der Waals surface area contributed by atoms with Crippen molar-refractivity contribution in [3.63, 3.8) is 0 Å². The molecular weight excluding hydrogens is 382 g/mol. The van der Waals surface area contributed by atoms with E-state index in [1.165, 1.54) is 5.56 Å². The standard InChI is InChI=1S/C23H35N3O2S/c1-4-15-28-22(27)14-10-5-6-11-16-29-23-25-24-21(17-19(2)3)26(23)18-20-12-8-7-9-13-20/h7-9,12-13,19H,4-6,10-11,14-18H2,1-3H3. The van der Waals surface area contributed by atoms with E-state index in [0.29, 0.717) is 18.9 Å². The molecule has 0 aliphatic carbocycles. The van der Waals surface area contributed by atoms with Crippen LogP contribution in [0.1, 0.15) is 70.7 Å². The molecule has 0 bridgehead atoms. The molecule has 0 amide bonds. The average Bonchev–Trinajstić information content (AvgIpc) is 3.07. The molecule has 0 atom stereocenters. The van der Waals surface area contributed by atoms with Gasteiger partial charge in [0.15, 0.2) is 5.16 Å². The number of ether oxygens (including phenoxy) is 1. The monoisotopic (exact) mass is 417 g/mol. The van der Waals surface area contributed by atoms with Crippen molar-refractivity contribution >= 4 is 17.7 Å². The number of rotatable bonds is 14. The van der Waals surface area contributed by atoms with Crippen molar-refractivity contribution in [3.05, 3.63) is 41.7 Å². The summed E-state index contributed by atoms with van der Waals surface area (Å²) in [6.07, 6.45) is 6.58. The van der Waals surface area contributed by atoms with Gasteiger partial charge in [0, 0.05) is 18.6 Å². The van der Waals surface area contributed by atoms with Crippen molar-refractivity contribution in [2.24, 2.45) is 5.92 Å². The summed E-state index contributed by atoms with van der Waals surface area (Å²) < 4.78 is 7.37. The Morgan fingerprint density at radius 1 is 1.10 bits per heavy atom. The summed E-state index contributed by atoms with van der Waals surface area (Å²) in [6, 6.07) is 10.5. The number of nitrogens with zero attached hydrogens (tertiary/aromatic N) is 3. The third-order valence-corrected chi connectivity index (χ3v) is 5.59. The Labute approximate surface area is 179 Å². The normalized spacial score (nSPS) is 11.2. The minimum absolute atomic E-state index is 0.0621. The highest BCUT2D eigenvalue weighted by Gasteiger charge is 2.14. The van der Waals surface area contributed by atoms with Gasteiger partial charge in [0.1, 0.15) is 5.82 Å². The van der Waals surface area contributed by atoms with Crippen molar-refractivity contribution in [3.8, 4) is 0 Å². The van der Waals surface area contributed by atoms with Gasteiger partial charge in [-0.25, -0.2) is 0 Å². The highest BCUT2D eigenvalue weighted by atomic mass is 32.2. The van der Waals surface area contributed by atoms with Crippen LogP contribution in [0.2, 0.25) is 0 Å². The van der Waals surface area contributed by atoms with E-state index in [1.54, 1.807) is 11.8 Å². The first-order chi connectivity index (χ1) is 14.1. The summed E-state index contributed by atoms with van der Waals surface area (Å²) in [6.45, 7) is 7.80. The molecule has 0 aliphatic heterocycles. The molecule has 1 heterocycles. The van der Waals surface area contributed by atoms with Crippen LogP contribution in [-0.2, 0) is 22.5 Å². The van der Waals surface area contributed by atoms with Crippen LogP contribution in [0.15, 0.2) is 35.5 Å². The molecule has 6 heteroatoms. The summed E-state index contributed by atoms with van der Waals surface area (Å²) in [5.74, 6) is 2.58. The fourth-order valence-corrected chi connectivity index (χ4v) is 4.00. The van der Waals surface area contributed by atoms with E-state index in [1.807, 2.05) is 13.0 Å². The molecule has 0 spiro atoms. The third kappa shape index (κ3) is 9.03. The van der Waals surface area contributed by atoms with Crippen molar-refractivity contribution in [1.82, 2.24) is 14.8 Å². The minimum Gasteiger partial charge on any atom is -0.466 e. The summed E-state index contributed by atoms with van der Waals surface area (Å²) in [5, 5.41) is 9.94. The van der Waals surface area contributed by atoms with Crippen molar-refractivity contribution in [2.75, 3.05) is 12.4 Å². The SMILES string of the molecule is CCCOC(=O)CCCCCCSc1nnc(CC(C)C)n1Cc1ccccc1. The maximum Gasteiger partial charge on any atom is 0.305 e. The molecule has 0 aliphatic rings. The maximum absolute atomic E-state index is 11.5. The van der Waals surface area contributed by atoms with Gasteiger partial charge in [-0.05, 0) is 30.7 Å². The molecule has 0 radical (unpaired) electrons. The summed E-state index contributed by atoms with van der Waals surface area (Å²) in [4.78, 5) is 11.5. The summed E-state index contributed by atoms with van der Waals surface area (Å²) in [7, 11) is 0. The Bertz CT molecular complexity index is 716. The first kappa shape index (κ1) is 23.5. The molecule has 0 saturated carbocycles. The zero-order chi connectivity index (χ0) is 20.9. The smallest absolute Gasteiger partial charge is 0.305 e. The number of carbonyl (C=O) groups is 1. The zero-order valence-electron chi connectivity index (χ0n) is 18.1. The number of hydrogen-bond donors (Lipinski definition) is 0. The molecule has 29 heavy (non-hydrogen) atoms. The van der Waals surface area contributed by atoms with Crippen LogP contribution < -0.4 is 0 Å². The highest BCUT2D eigenvalue weighted by Crippen LogP contribution is 2.22. The highest BCUT2D eigenvalue weighted by molar-refractivity contribution is 7.99. The lowest BCUT2D eigenvalue weighted by Crippen LogP contribution is -2.09. The molecule has 2 rings (SSSR count). The quantitative estimate of drug-likeness (QED) is 0.230. The lowest BCUT2D eigenvalue weighted by atomic mass is 10.1. The fraction of sp³-hybridized carbons (Fsp3) is 0.609. The number of carbonyl (C=O) groups excluding carboxylic acids is 1. The Hall–Kier alpha value is -1.82. The molecule has 0 fully saturated rings. The molecule has 1 aromatic heterocycles. The number of thioether (sulfide) groups is 1. The van der Waals surface area contributed by atoms with E-state index in [4.69, 9.17) is 4.74 Å². The lowest BCUT2D eigenvalue weighted by molar-refractivity contribution is -0.143. The van der Waals surface area contributed by atoms with Crippen LogP contribution >= 0.6 is 11.8 Å². The summed E-state index contributed by atoms with van der Waals surface area (Å²) >= 11 is 1.79. The van der Waals surface area contributed by atoms with E-state index >= 15 is 0 Å². The number of esters is 1. The van der Waals surface area contributed by atoms with Crippen LogP contribution in [0.3, 0.4) is 0 Å². The van der Waals surface area contributed by atoms with E-state index in [2.05, 4.69) is 52.9 Å². The fourth-order valence-electron chi connectivity index (χ4n) is 3.04. The Kier molecular flexibility index (Phi) is 10.8. The Morgan fingerprint density at radius 3 is 2.59 bits per heavy atom. The molecule has 5 nitrogen and oxygen atoms in total. The molecule has 0 saturated heterocycles. The van der Waals surface area contributed by atoms with Gasteiger partial charge in [-0.3, -0.25) is 4.79 Å². The topological polar surface area (TPSA) is 57.0 Å². The average molecular weight is 418 g/mol. The summed E-state index contributed by atoms with van der Waals surface area (Å²) in [5.41, 5.74) is 1.27. The molecule has 0 unspecified atom stereocenters. The second-order valence-electron chi connectivity index (χ2n) is 7.80. The number of aromatic nitrogens is 3. The molecule has 0 N–H and O–H groups in total. The Balaban J connectivity index is 1.78. The molecule has 160 valence electrons. The predicted octanol–water partition coefficient (Wildman–Crippen LogP) is 5.52. The molecular formula is C23H35N3O2S. The first-order valence-electron chi connectivity index (χ1n) is 10.8. The van der Waals surface area contributed by atoms with Gasteiger partial charge in [-0.15, -0.1) is 10.2 Å². The second kappa shape index (κ2) is 13.4. The van der Waals surface area contributed by atoms with Gasteiger partial charge in [0.2, 0.25) is 0 Å². The van der Waals surface area contributed by atoms with Gasteiger partial charge in [0.25, 0.3) is 0 Å². The van der Waals surface area contributed by atoms with Gasteiger partial charge >= 0.3 is 5.97 Å². The van der Waals surface area contributed by atoms with E-state index < -0.39 is 0 Å². The first-order valence-corrected chi connectivity index (χ1v) is 11.8. The second-order valence-corrected chi connectivity index (χ2v) is 8.86.